The van der Waals surface area contributed by atoms with Crippen LogP contribution in [0.4, 0.5) is 0 Å². The molecule has 1 N–H and O–H groups in total. The average Bonchev–Trinajstić information content (AvgIpc) is 2.71. The Morgan fingerprint density at radius 2 is 2.46 bits per heavy atom. The van der Waals surface area contributed by atoms with Crippen LogP contribution in [-0.4, -0.2) is 22.1 Å². The Labute approximate surface area is 79.2 Å². The largest absolute Gasteiger partial charge is 0.333 e. The van der Waals surface area contributed by atoms with E-state index in [-0.39, 0.29) is 0 Å². The van der Waals surface area contributed by atoms with Gasteiger partial charge in [-0.05, 0) is 33.2 Å². The predicted molar refractivity (Wildman–Crippen MR) is 52.7 cm³/mol. The molecule has 2 heterocycles. The maximum Gasteiger partial charge on any atom is 0.0951 e. The second-order valence-electron chi connectivity index (χ2n) is 3.86. The maximum absolute atomic E-state index is 4.29. The minimum absolute atomic E-state index is 0.660. The molecule has 1 aromatic rings. The van der Waals surface area contributed by atoms with Crippen molar-refractivity contribution in [3.05, 3.63) is 17.7 Å². The lowest BCUT2D eigenvalue weighted by molar-refractivity contribution is 0.502. The Morgan fingerprint density at radius 1 is 1.62 bits per heavy atom. The Morgan fingerprint density at radius 3 is 3.00 bits per heavy atom. The van der Waals surface area contributed by atoms with Gasteiger partial charge in [0.25, 0.3) is 0 Å². The summed E-state index contributed by atoms with van der Waals surface area (Å²) < 4.78 is 2.25. The molecule has 0 aliphatic carbocycles. The normalized spacial score (nSPS) is 22.5. The van der Waals surface area contributed by atoms with Gasteiger partial charge in [-0.2, -0.15) is 0 Å². The summed E-state index contributed by atoms with van der Waals surface area (Å²) in [6.45, 7) is 6.45. The number of hydrogen-bond acceptors (Lipinski definition) is 2. The highest BCUT2D eigenvalue weighted by atomic mass is 15.1. The van der Waals surface area contributed by atoms with E-state index in [2.05, 4.69) is 28.7 Å². The number of hydrogen-bond donors (Lipinski definition) is 1. The molecule has 0 aromatic carbocycles. The van der Waals surface area contributed by atoms with Gasteiger partial charge < -0.3 is 9.88 Å². The van der Waals surface area contributed by atoms with E-state index in [0.29, 0.717) is 6.04 Å². The molecule has 0 radical (unpaired) electrons. The molecule has 2 rings (SSSR count). The summed E-state index contributed by atoms with van der Waals surface area (Å²) in [5, 5.41) is 3.49. The average molecular weight is 179 g/mol. The van der Waals surface area contributed by atoms with Gasteiger partial charge in [0.2, 0.25) is 0 Å². The lowest BCUT2D eigenvalue weighted by Crippen LogP contribution is -2.26. The first kappa shape index (κ1) is 8.75. The summed E-state index contributed by atoms with van der Waals surface area (Å²) in [6, 6.07) is 0.660. The fourth-order valence-electron chi connectivity index (χ4n) is 1.88. The topological polar surface area (TPSA) is 29.9 Å². The van der Waals surface area contributed by atoms with Gasteiger partial charge in [-0.1, -0.05) is 0 Å². The minimum atomic E-state index is 0.660. The summed E-state index contributed by atoms with van der Waals surface area (Å²) in [5.41, 5.74) is 2.45. The van der Waals surface area contributed by atoms with Crippen LogP contribution < -0.4 is 5.32 Å². The van der Waals surface area contributed by atoms with Crippen molar-refractivity contribution >= 4 is 0 Å². The molecule has 0 spiro atoms. The highest BCUT2D eigenvalue weighted by Crippen LogP contribution is 2.10. The van der Waals surface area contributed by atoms with E-state index in [0.717, 1.165) is 12.2 Å². The van der Waals surface area contributed by atoms with E-state index in [1.165, 1.54) is 25.1 Å². The van der Waals surface area contributed by atoms with E-state index in [9.17, 15) is 0 Å². The second-order valence-corrected chi connectivity index (χ2v) is 3.86. The highest BCUT2D eigenvalue weighted by molar-refractivity contribution is 5.08. The maximum atomic E-state index is 4.29. The molecule has 0 bridgehead atoms. The highest BCUT2D eigenvalue weighted by Gasteiger charge is 2.15. The summed E-state index contributed by atoms with van der Waals surface area (Å²) in [4.78, 5) is 4.29. The van der Waals surface area contributed by atoms with Crippen molar-refractivity contribution in [3.8, 4) is 0 Å². The zero-order chi connectivity index (χ0) is 9.26. The zero-order valence-electron chi connectivity index (χ0n) is 8.38. The quantitative estimate of drug-likeness (QED) is 0.740. The van der Waals surface area contributed by atoms with Crippen LogP contribution in [0.15, 0.2) is 6.33 Å². The molecule has 1 aliphatic rings. The third kappa shape index (κ3) is 1.75. The van der Waals surface area contributed by atoms with Crippen molar-refractivity contribution in [3.63, 3.8) is 0 Å². The molecule has 1 aliphatic heterocycles. The first-order valence-corrected chi connectivity index (χ1v) is 4.99. The molecule has 13 heavy (non-hydrogen) atoms. The number of aromatic nitrogens is 2. The van der Waals surface area contributed by atoms with Crippen molar-refractivity contribution in [1.29, 1.82) is 0 Å². The van der Waals surface area contributed by atoms with Crippen LogP contribution in [0.3, 0.4) is 0 Å². The van der Waals surface area contributed by atoms with Gasteiger partial charge in [-0.3, -0.25) is 0 Å². The first-order chi connectivity index (χ1) is 6.27. The van der Waals surface area contributed by atoms with Gasteiger partial charge in [-0.15, -0.1) is 0 Å². The van der Waals surface area contributed by atoms with E-state index in [1.807, 2.05) is 6.33 Å². The minimum Gasteiger partial charge on any atom is -0.333 e. The van der Waals surface area contributed by atoms with Crippen LogP contribution >= 0.6 is 0 Å². The van der Waals surface area contributed by atoms with Crippen molar-refractivity contribution in [2.75, 3.05) is 6.54 Å². The molecule has 72 valence electrons. The molecule has 0 saturated carbocycles. The summed E-state index contributed by atoms with van der Waals surface area (Å²) in [7, 11) is 0. The first-order valence-electron chi connectivity index (χ1n) is 4.99. The summed E-state index contributed by atoms with van der Waals surface area (Å²) in [5.74, 6) is 0. The molecule has 1 unspecified atom stereocenters. The molecule has 1 saturated heterocycles. The Bertz CT molecular complexity index is 284. The lowest BCUT2D eigenvalue weighted by Gasteiger charge is -2.12. The molecule has 1 atom stereocenters. The lowest BCUT2D eigenvalue weighted by atomic mass is 10.2. The van der Waals surface area contributed by atoms with Crippen molar-refractivity contribution in [2.24, 2.45) is 0 Å². The van der Waals surface area contributed by atoms with E-state index in [4.69, 9.17) is 0 Å². The van der Waals surface area contributed by atoms with Gasteiger partial charge in [0, 0.05) is 18.3 Å². The fraction of sp³-hybridized carbons (Fsp3) is 0.700. The Kier molecular flexibility index (Phi) is 2.36. The van der Waals surface area contributed by atoms with Crippen LogP contribution in [0.2, 0.25) is 0 Å². The SMILES string of the molecule is Cc1ncn(CC2CCCN2)c1C. The van der Waals surface area contributed by atoms with Gasteiger partial charge >= 0.3 is 0 Å². The molecule has 3 nitrogen and oxygen atoms in total. The zero-order valence-corrected chi connectivity index (χ0v) is 8.38. The number of nitrogens with one attached hydrogen (secondary N) is 1. The van der Waals surface area contributed by atoms with Crippen LogP contribution in [0.1, 0.15) is 24.2 Å². The van der Waals surface area contributed by atoms with Gasteiger partial charge in [0.1, 0.15) is 0 Å². The summed E-state index contributed by atoms with van der Waals surface area (Å²) >= 11 is 0. The Balaban J connectivity index is 2.04. The third-order valence-corrected chi connectivity index (χ3v) is 2.92. The second kappa shape index (κ2) is 3.50. The van der Waals surface area contributed by atoms with Gasteiger partial charge in [0.05, 0.1) is 12.0 Å². The van der Waals surface area contributed by atoms with Crippen molar-refractivity contribution in [1.82, 2.24) is 14.9 Å². The number of nitrogens with zero attached hydrogens (tertiary/aromatic N) is 2. The van der Waals surface area contributed by atoms with Crippen molar-refractivity contribution < 1.29 is 0 Å². The fourth-order valence-corrected chi connectivity index (χ4v) is 1.88. The molecular formula is C10H17N3. The molecule has 0 amide bonds. The van der Waals surface area contributed by atoms with Crippen LogP contribution in [-0.2, 0) is 6.54 Å². The molecule has 1 fully saturated rings. The molecule has 3 heteroatoms. The van der Waals surface area contributed by atoms with E-state index < -0.39 is 0 Å². The number of imidazole rings is 1. The van der Waals surface area contributed by atoms with Gasteiger partial charge in [-0.25, -0.2) is 4.98 Å². The Hall–Kier alpha value is -0.830. The van der Waals surface area contributed by atoms with E-state index >= 15 is 0 Å². The third-order valence-electron chi connectivity index (χ3n) is 2.92. The van der Waals surface area contributed by atoms with Gasteiger partial charge in [0.15, 0.2) is 0 Å². The van der Waals surface area contributed by atoms with Crippen LogP contribution in [0, 0.1) is 13.8 Å². The summed E-state index contributed by atoms with van der Waals surface area (Å²) in [6.07, 6.45) is 4.57. The van der Waals surface area contributed by atoms with E-state index in [1.54, 1.807) is 0 Å². The smallest absolute Gasteiger partial charge is 0.0951 e. The number of rotatable bonds is 2. The number of aryl methyl sites for hydroxylation is 1. The molecular weight excluding hydrogens is 162 g/mol. The molecule has 1 aromatic heterocycles. The monoisotopic (exact) mass is 179 g/mol. The van der Waals surface area contributed by atoms with Crippen LogP contribution in [0.25, 0.3) is 0 Å². The van der Waals surface area contributed by atoms with Crippen LogP contribution in [0.5, 0.6) is 0 Å². The standard InChI is InChI=1S/C10H17N3/c1-8-9(2)13(7-12-8)6-10-4-3-5-11-10/h7,10-11H,3-6H2,1-2H3. The van der Waals surface area contributed by atoms with Crippen molar-refractivity contribution in [2.45, 2.75) is 39.3 Å². The predicted octanol–water partition coefficient (Wildman–Crippen LogP) is 1.25.